The van der Waals surface area contributed by atoms with Crippen LogP contribution < -0.4 is 5.63 Å². The summed E-state index contributed by atoms with van der Waals surface area (Å²) in [6.45, 7) is 0. The third-order valence-corrected chi connectivity index (χ3v) is 2.43. The summed E-state index contributed by atoms with van der Waals surface area (Å²) >= 11 is 5.74. The Hall–Kier alpha value is -2.07. The van der Waals surface area contributed by atoms with Gasteiger partial charge < -0.3 is 9.52 Å². The summed E-state index contributed by atoms with van der Waals surface area (Å²) in [7, 11) is 0. The minimum Gasteiger partial charge on any atom is -0.475 e. The molecule has 0 saturated carbocycles. The molecular weight excluding hydrogens is 244 g/mol. The summed E-state index contributed by atoms with van der Waals surface area (Å²) in [5.41, 5.74) is 0.268. The minimum atomic E-state index is -1.28. The predicted octanol–water partition coefficient (Wildman–Crippen LogP) is 2.66. The van der Waals surface area contributed by atoms with Gasteiger partial charge in [-0.05, 0) is 23.8 Å². The molecule has 4 nitrogen and oxygen atoms in total. The Morgan fingerprint density at radius 2 is 1.76 bits per heavy atom. The monoisotopic (exact) mass is 250 g/mol. The lowest BCUT2D eigenvalue weighted by molar-refractivity contribution is 0.0658. The maximum absolute atomic E-state index is 11.0. The number of aromatic carboxylic acids is 1. The summed E-state index contributed by atoms with van der Waals surface area (Å²) in [6, 6.07) is 9.17. The van der Waals surface area contributed by atoms with Crippen molar-refractivity contribution >= 4 is 17.6 Å². The smallest absolute Gasteiger partial charge is 0.372 e. The molecular formula is C12H7ClO4. The molecule has 0 amide bonds. The molecule has 2 aromatic rings. The number of carbonyl (C=O) groups is 1. The van der Waals surface area contributed by atoms with E-state index in [0.29, 0.717) is 16.1 Å². The molecule has 0 aliphatic heterocycles. The van der Waals surface area contributed by atoms with E-state index in [-0.39, 0.29) is 5.76 Å². The minimum absolute atomic E-state index is 0.341. The molecule has 0 saturated heterocycles. The second kappa shape index (κ2) is 4.43. The van der Waals surface area contributed by atoms with Crippen molar-refractivity contribution in [3.05, 3.63) is 57.6 Å². The van der Waals surface area contributed by atoms with Gasteiger partial charge in [0, 0.05) is 16.7 Å². The Labute approximate surface area is 101 Å². The average Bonchev–Trinajstić information content (AvgIpc) is 2.30. The standard InChI is InChI=1S/C12H7ClO4/c13-8-3-1-7(2-4-8)9-5-6-10(14)17-11(9)12(15)16/h1-6H,(H,15,16). The van der Waals surface area contributed by atoms with Gasteiger partial charge >= 0.3 is 11.6 Å². The predicted molar refractivity (Wildman–Crippen MR) is 62.4 cm³/mol. The maximum atomic E-state index is 11.0. The fourth-order valence-electron chi connectivity index (χ4n) is 1.43. The topological polar surface area (TPSA) is 67.5 Å². The highest BCUT2D eigenvalue weighted by molar-refractivity contribution is 6.30. The van der Waals surface area contributed by atoms with Crippen molar-refractivity contribution in [2.24, 2.45) is 0 Å². The summed E-state index contributed by atoms with van der Waals surface area (Å²) < 4.78 is 4.67. The molecule has 1 aromatic heterocycles. The van der Waals surface area contributed by atoms with Gasteiger partial charge in [0.15, 0.2) is 0 Å². The van der Waals surface area contributed by atoms with Crippen LogP contribution in [0, 0.1) is 0 Å². The zero-order chi connectivity index (χ0) is 12.4. The Morgan fingerprint density at radius 3 is 2.35 bits per heavy atom. The van der Waals surface area contributed by atoms with Crippen molar-refractivity contribution in [1.29, 1.82) is 0 Å². The zero-order valence-electron chi connectivity index (χ0n) is 8.51. The summed E-state index contributed by atoms with van der Waals surface area (Å²) in [5.74, 6) is -1.66. The molecule has 0 atom stereocenters. The Balaban J connectivity index is 2.62. The highest BCUT2D eigenvalue weighted by atomic mass is 35.5. The van der Waals surface area contributed by atoms with Crippen LogP contribution >= 0.6 is 11.6 Å². The first-order chi connectivity index (χ1) is 8.08. The number of carboxylic acid groups (broad SMARTS) is 1. The van der Waals surface area contributed by atoms with E-state index in [9.17, 15) is 9.59 Å². The molecule has 0 radical (unpaired) electrons. The molecule has 1 heterocycles. The highest BCUT2D eigenvalue weighted by Crippen LogP contribution is 2.24. The van der Waals surface area contributed by atoms with Gasteiger partial charge in [-0.1, -0.05) is 23.7 Å². The van der Waals surface area contributed by atoms with E-state index < -0.39 is 11.6 Å². The Kier molecular flexibility index (Phi) is 2.97. The van der Waals surface area contributed by atoms with E-state index in [1.165, 1.54) is 12.1 Å². The molecule has 0 fully saturated rings. The quantitative estimate of drug-likeness (QED) is 0.890. The number of hydrogen-bond donors (Lipinski definition) is 1. The third kappa shape index (κ3) is 2.37. The van der Waals surface area contributed by atoms with Crippen molar-refractivity contribution in [2.45, 2.75) is 0 Å². The van der Waals surface area contributed by atoms with Crippen LogP contribution in [0.4, 0.5) is 0 Å². The Bertz CT molecular complexity index is 613. The van der Waals surface area contributed by atoms with Gasteiger partial charge in [0.2, 0.25) is 5.76 Å². The van der Waals surface area contributed by atoms with Crippen LogP contribution in [-0.4, -0.2) is 11.1 Å². The molecule has 1 N–H and O–H groups in total. The summed E-state index contributed by atoms with van der Waals surface area (Å²) in [5, 5.41) is 9.49. The van der Waals surface area contributed by atoms with Gasteiger partial charge in [-0.25, -0.2) is 9.59 Å². The molecule has 0 aliphatic carbocycles. The van der Waals surface area contributed by atoms with Crippen molar-refractivity contribution in [1.82, 2.24) is 0 Å². The van der Waals surface area contributed by atoms with Crippen LogP contribution in [0.15, 0.2) is 45.6 Å². The molecule has 0 spiro atoms. The lowest BCUT2D eigenvalue weighted by Gasteiger charge is -2.04. The fraction of sp³-hybridized carbons (Fsp3) is 0. The van der Waals surface area contributed by atoms with Crippen LogP contribution in [0.25, 0.3) is 11.1 Å². The molecule has 2 rings (SSSR count). The van der Waals surface area contributed by atoms with Gasteiger partial charge in [-0.3, -0.25) is 0 Å². The van der Waals surface area contributed by atoms with Crippen molar-refractivity contribution in [3.63, 3.8) is 0 Å². The van der Waals surface area contributed by atoms with Crippen LogP contribution in [0.5, 0.6) is 0 Å². The third-order valence-electron chi connectivity index (χ3n) is 2.18. The average molecular weight is 251 g/mol. The van der Waals surface area contributed by atoms with Gasteiger partial charge in [-0.2, -0.15) is 0 Å². The number of benzene rings is 1. The first-order valence-electron chi connectivity index (χ1n) is 4.71. The lowest BCUT2D eigenvalue weighted by atomic mass is 10.1. The van der Waals surface area contributed by atoms with Crippen LogP contribution in [0.1, 0.15) is 10.6 Å². The SMILES string of the molecule is O=C(O)c1oc(=O)ccc1-c1ccc(Cl)cc1. The van der Waals surface area contributed by atoms with E-state index in [1.54, 1.807) is 24.3 Å². The number of hydrogen-bond acceptors (Lipinski definition) is 3. The van der Waals surface area contributed by atoms with E-state index in [1.807, 2.05) is 0 Å². The molecule has 0 aliphatic rings. The summed E-state index contributed by atoms with van der Waals surface area (Å²) in [6.07, 6.45) is 0. The largest absolute Gasteiger partial charge is 0.475 e. The maximum Gasteiger partial charge on any atom is 0.372 e. The fourth-order valence-corrected chi connectivity index (χ4v) is 1.56. The number of halogens is 1. The first kappa shape index (κ1) is 11.4. The van der Waals surface area contributed by atoms with Crippen molar-refractivity contribution < 1.29 is 14.3 Å². The number of carboxylic acids is 1. The molecule has 5 heteroatoms. The molecule has 0 bridgehead atoms. The second-order valence-corrected chi connectivity index (χ2v) is 3.75. The first-order valence-corrected chi connectivity index (χ1v) is 5.09. The number of rotatable bonds is 2. The molecule has 86 valence electrons. The molecule has 1 aromatic carbocycles. The zero-order valence-corrected chi connectivity index (χ0v) is 9.27. The second-order valence-electron chi connectivity index (χ2n) is 3.31. The summed E-state index contributed by atoms with van der Waals surface area (Å²) in [4.78, 5) is 21.9. The van der Waals surface area contributed by atoms with Gasteiger partial charge in [0.05, 0.1) is 0 Å². The van der Waals surface area contributed by atoms with Gasteiger partial charge in [0.1, 0.15) is 0 Å². The van der Waals surface area contributed by atoms with Crippen LogP contribution in [0.3, 0.4) is 0 Å². The van der Waals surface area contributed by atoms with E-state index in [4.69, 9.17) is 16.7 Å². The van der Waals surface area contributed by atoms with E-state index in [0.717, 1.165) is 0 Å². The van der Waals surface area contributed by atoms with E-state index in [2.05, 4.69) is 4.42 Å². The van der Waals surface area contributed by atoms with E-state index >= 15 is 0 Å². The highest BCUT2D eigenvalue weighted by Gasteiger charge is 2.15. The van der Waals surface area contributed by atoms with Gasteiger partial charge in [0.25, 0.3) is 0 Å². The van der Waals surface area contributed by atoms with Crippen molar-refractivity contribution in [2.75, 3.05) is 0 Å². The lowest BCUT2D eigenvalue weighted by Crippen LogP contribution is -2.06. The van der Waals surface area contributed by atoms with Crippen molar-refractivity contribution in [3.8, 4) is 11.1 Å². The molecule has 0 unspecified atom stereocenters. The van der Waals surface area contributed by atoms with Gasteiger partial charge in [-0.15, -0.1) is 0 Å². The Morgan fingerprint density at radius 1 is 1.12 bits per heavy atom. The van der Waals surface area contributed by atoms with Crippen LogP contribution in [-0.2, 0) is 0 Å². The van der Waals surface area contributed by atoms with Crippen LogP contribution in [0.2, 0.25) is 5.02 Å². The normalized spacial score (nSPS) is 10.2. The molecule has 17 heavy (non-hydrogen) atoms.